The third-order valence-corrected chi connectivity index (χ3v) is 5.66. The second kappa shape index (κ2) is 21.4. The molecule has 0 radical (unpaired) electrons. The zero-order chi connectivity index (χ0) is 22.3. The van der Waals surface area contributed by atoms with Gasteiger partial charge in [-0.15, -0.1) is 0 Å². The number of hydrogen-bond donors (Lipinski definition) is 3. The highest BCUT2D eigenvalue weighted by atomic mass is 16.3. The average molecular weight is 425 g/mol. The highest BCUT2D eigenvalue weighted by Gasteiger charge is 2.24. The molecule has 0 heterocycles. The second-order valence-electron chi connectivity index (χ2n) is 8.63. The number of aliphatic hydroxyl groups is 3. The minimum atomic E-state index is -0.681. The van der Waals surface area contributed by atoms with E-state index in [9.17, 15) is 15.3 Å². The van der Waals surface area contributed by atoms with Crippen molar-refractivity contribution < 1.29 is 19.8 Å². The number of unbranched alkanes of at least 4 members (excludes halogenated alkanes) is 12. The first kappa shape index (κ1) is 29.1. The fourth-order valence-corrected chi connectivity index (χ4v) is 3.78. The van der Waals surface area contributed by atoms with Crippen molar-refractivity contribution in [2.45, 2.75) is 110 Å². The molecular weight excluding hydrogens is 374 g/mol. The summed E-state index contributed by atoms with van der Waals surface area (Å²) in [6.07, 6.45) is 22.0. The molecule has 4 heteroatoms. The van der Waals surface area contributed by atoms with Crippen LogP contribution in [0.25, 0.3) is 0 Å². The molecule has 1 unspecified atom stereocenters. The van der Waals surface area contributed by atoms with Gasteiger partial charge in [0.1, 0.15) is 25.2 Å². The van der Waals surface area contributed by atoms with Crippen LogP contribution in [0.4, 0.5) is 0 Å². The molecule has 0 aliphatic heterocycles. The molecule has 0 saturated heterocycles. The van der Waals surface area contributed by atoms with Crippen LogP contribution in [0.2, 0.25) is 0 Å². The first-order valence-electron chi connectivity index (χ1n) is 12.5. The third kappa shape index (κ3) is 18.0. The molecule has 0 aromatic heterocycles. The van der Waals surface area contributed by atoms with Crippen molar-refractivity contribution >= 4 is 0 Å². The molecular formula is C26H50NO3+. The molecule has 0 aromatic carbocycles. The SMILES string of the molecule is CCCCCCCC/C=C\CCCCCCCC[N+](C#CC(C)O)(CCO)CCO. The molecule has 176 valence electrons. The van der Waals surface area contributed by atoms with Gasteiger partial charge in [0.15, 0.2) is 0 Å². The van der Waals surface area contributed by atoms with Crippen molar-refractivity contribution in [1.29, 1.82) is 0 Å². The molecule has 0 spiro atoms. The van der Waals surface area contributed by atoms with Crippen LogP contribution in [0, 0.1) is 12.0 Å². The van der Waals surface area contributed by atoms with E-state index in [0.717, 1.165) is 19.4 Å². The quantitative estimate of drug-likeness (QED) is 0.109. The Hall–Kier alpha value is -0.860. The Morgan fingerprint density at radius 3 is 1.63 bits per heavy atom. The van der Waals surface area contributed by atoms with Crippen LogP contribution >= 0.6 is 0 Å². The topological polar surface area (TPSA) is 60.7 Å². The van der Waals surface area contributed by atoms with Crippen molar-refractivity contribution in [3.63, 3.8) is 0 Å². The van der Waals surface area contributed by atoms with Gasteiger partial charge in [0.2, 0.25) is 0 Å². The van der Waals surface area contributed by atoms with Crippen LogP contribution in [0.15, 0.2) is 12.2 Å². The normalized spacial score (nSPS) is 12.8. The van der Waals surface area contributed by atoms with Crippen LogP contribution in [0.1, 0.15) is 104 Å². The first-order chi connectivity index (χ1) is 14.6. The number of quaternary nitrogens is 1. The van der Waals surface area contributed by atoms with Crippen LogP contribution < -0.4 is 0 Å². The van der Waals surface area contributed by atoms with Crippen molar-refractivity contribution in [3.05, 3.63) is 12.2 Å². The molecule has 1 atom stereocenters. The molecule has 0 fully saturated rings. The lowest BCUT2D eigenvalue weighted by Gasteiger charge is -2.30. The standard InChI is InChI=1S/C26H50NO3/c1-3-4-5-6-7-8-9-10-11-12-13-14-15-16-17-18-20-27(22-24-28,23-25-29)21-19-26(2)30/h10-11,26,28-30H,3-9,12-18,20,22-25H2,1-2H3/q+1/b11-10-. The second-order valence-corrected chi connectivity index (χ2v) is 8.63. The smallest absolute Gasteiger partial charge is 0.140 e. The van der Waals surface area contributed by atoms with E-state index in [4.69, 9.17) is 0 Å². The van der Waals surface area contributed by atoms with E-state index in [1.165, 1.54) is 77.0 Å². The Morgan fingerprint density at radius 2 is 1.17 bits per heavy atom. The van der Waals surface area contributed by atoms with Crippen LogP contribution in [-0.2, 0) is 0 Å². The molecule has 0 aliphatic carbocycles. The number of nitrogens with zero attached hydrogens (tertiary/aromatic N) is 1. The molecule has 0 amide bonds. The van der Waals surface area contributed by atoms with Gasteiger partial charge in [-0.05, 0) is 51.4 Å². The van der Waals surface area contributed by atoms with Crippen molar-refractivity contribution in [1.82, 2.24) is 0 Å². The van der Waals surface area contributed by atoms with Gasteiger partial charge < -0.3 is 15.3 Å². The molecule has 3 N–H and O–H groups in total. The molecule has 4 nitrogen and oxygen atoms in total. The minimum absolute atomic E-state index is 0.0425. The summed E-state index contributed by atoms with van der Waals surface area (Å²) in [4.78, 5) is 0. The number of allylic oxidation sites excluding steroid dienone is 2. The van der Waals surface area contributed by atoms with Gasteiger partial charge in [-0.1, -0.05) is 70.4 Å². The maximum atomic E-state index is 9.45. The zero-order valence-electron chi connectivity index (χ0n) is 20.0. The lowest BCUT2D eigenvalue weighted by molar-refractivity contribution is -0.865. The lowest BCUT2D eigenvalue weighted by Crippen LogP contribution is -2.48. The van der Waals surface area contributed by atoms with E-state index in [1.807, 2.05) is 0 Å². The summed E-state index contributed by atoms with van der Waals surface area (Å²) >= 11 is 0. The molecule has 0 saturated carbocycles. The zero-order valence-corrected chi connectivity index (χ0v) is 20.0. The Bertz CT molecular complexity index is 445. The summed E-state index contributed by atoms with van der Waals surface area (Å²) in [5.74, 6) is 2.81. The van der Waals surface area contributed by atoms with E-state index < -0.39 is 6.10 Å². The molecule has 0 aliphatic rings. The minimum Gasteiger partial charge on any atom is -0.390 e. The summed E-state index contributed by atoms with van der Waals surface area (Å²) in [6, 6.07) is 3.10. The predicted octanol–water partition coefficient (Wildman–Crippen LogP) is 5.17. The third-order valence-electron chi connectivity index (χ3n) is 5.66. The number of rotatable bonds is 20. The summed E-state index contributed by atoms with van der Waals surface area (Å²) in [7, 11) is 0. The Balaban J connectivity index is 3.79. The fraction of sp³-hybridized carbons (Fsp3) is 0.846. The van der Waals surface area contributed by atoms with Crippen molar-refractivity contribution in [3.8, 4) is 12.0 Å². The molecule has 0 bridgehead atoms. The summed E-state index contributed by atoms with van der Waals surface area (Å²) in [5.41, 5.74) is 0. The van der Waals surface area contributed by atoms with Crippen LogP contribution in [0.5, 0.6) is 0 Å². The summed E-state index contributed by atoms with van der Waals surface area (Å²) < 4.78 is 0.376. The number of hydrogen-bond acceptors (Lipinski definition) is 3. The van der Waals surface area contributed by atoms with E-state index in [-0.39, 0.29) is 13.2 Å². The monoisotopic (exact) mass is 424 g/mol. The first-order valence-corrected chi connectivity index (χ1v) is 12.5. The van der Waals surface area contributed by atoms with E-state index >= 15 is 0 Å². The van der Waals surface area contributed by atoms with Gasteiger partial charge in [0, 0.05) is 0 Å². The highest BCUT2D eigenvalue weighted by Crippen LogP contribution is 2.13. The Labute approximate surface area is 187 Å². The van der Waals surface area contributed by atoms with Gasteiger partial charge in [0.05, 0.1) is 19.8 Å². The predicted molar refractivity (Wildman–Crippen MR) is 128 cm³/mol. The maximum Gasteiger partial charge on any atom is 0.140 e. The van der Waals surface area contributed by atoms with E-state index in [2.05, 4.69) is 31.0 Å². The average Bonchev–Trinajstić information content (AvgIpc) is 2.72. The number of aliphatic hydroxyl groups excluding tert-OH is 3. The van der Waals surface area contributed by atoms with Crippen molar-refractivity contribution in [2.24, 2.45) is 0 Å². The Kier molecular flexibility index (Phi) is 20.8. The van der Waals surface area contributed by atoms with Crippen LogP contribution in [0.3, 0.4) is 0 Å². The van der Waals surface area contributed by atoms with Gasteiger partial charge in [0.25, 0.3) is 0 Å². The van der Waals surface area contributed by atoms with Crippen molar-refractivity contribution in [2.75, 3.05) is 32.8 Å². The Morgan fingerprint density at radius 1 is 0.700 bits per heavy atom. The van der Waals surface area contributed by atoms with E-state index in [1.54, 1.807) is 6.92 Å². The summed E-state index contributed by atoms with van der Waals surface area (Å²) in [5, 5.41) is 28.2. The summed E-state index contributed by atoms with van der Waals surface area (Å²) in [6.45, 7) is 5.82. The van der Waals surface area contributed by atoms with Gasteiger partial charge >= 0.3 is 0 Å². The molecule has 30 heavy (non-hydrogen) atoms. The maximum absolute atomic E-state index is 9.45. The fourth-order valence-electron chi connectivity index (χ4n) is 3.78. The van der Waals surface area contributed by atoms with E-state index in [0.29, 0.717) is 17.6 Å². The molecule has 0 aromatic rings. The lowest BCUT2D eigenvalue weighted by atomic mass is 10.1. The largest absolute Gasteiger partial charge is 0.390 e. The van der Waals surface area contributed by atoms with Gasteiger partial charge in [-0.2, -0.15) is 0 Å². The van der Waals surface area contributed by atoms with Crippen LogP contribution in [-0.4, -0.2) is 58.8 Å². The van der Waals surface area contributed by atoms with Gasteiger partial charge in [-0.3, -0.25) is 0 Å². The highest BCUT2D eigenvalue weighted by molar-refractivity contribution is 4.97. The van der Waals surface area contributed by atoms with Gasteiger partial charge in [-0.25, -0.2) is 4.48 Å². The molecule has 0 rings (SSSR count).